The van der Waals surface area contributed by atoms with Gasteiger partial charge in [-0.3, -0.25) is 5.10 Å². The summed E-state index contributed by atoms with van der Waals surface area (Å²) in [5.41, 5.74) is 2.35. The van der Waals surface area contributed by atoms with Crippen LogP contribution in [0.2, 0.25) is 0 Å². The number of aromatic amines is 1. The van der Waals surface area contributed by atoms with E-state index >= 15 is 0 Å². The van der Waals surface area contributed by atoms with E-state index in [0.717, 1.165) is 25.3 Å². The summed E-state index contributed by atoms with van der Waals surface area (Å²) in [5.74, 6) is 0. The van der Waals surface area contributed by atoms with Crippen molar-refractivity contribution in [3.63, 3.8) is 0 Å². The average molecular weight is 243 g/mol. The summed E-state index contributed by atoms with van der Waals surface area (Å²) in [6.07, 6.45) is 2.99. The van der Waals surface area contributed by atoms with Crippen LogP contribution in [0.15, 0.2) is 42.6 Å². The van der Waals surface area contributed by atoms with Crippen LogP contribution < -0.4 is 5.32 Å². The second-order valence-electron chi connectivity index (χ2n) is 4.56. The molecule has 4 heteroatoms. The van der Waals surface area contributed by atoms with Crippen LogP contribution in [0.25, 0.3) is 0 Å². The molecule has 0 unspecified atom stereocenters. The lowest BCUT2D eigenvalue weighted by Gasteiger charge is -2.19. The number of nitrogens with zero attached hydrogens (tertiary/aromatic N) is 1. The van der Waals surface area contributed by atoms with Crippen LogP contribution in [0, 0.1) is 0 Å². The number of H-pyrrole nitrogens is 1. The molecular formula is C14H17N3O. The van der Waals surface area contributed by atoms with Gasteiger partial charge in [0.05, 0.1) is 6.10 Å². The van der Waals surface area contributed by atoms with Crippen LogP contribution in [0.3, 0.4) is 0 Å². The number of rotatable bonds is 4. The number of benzene rings is 1. The molecule has 2 atom stereocenters. The van der Waals surface area contributed by atoms with Crippen LogP contribution >= 0.6 is 0 Å². The number of hydrogen-bond donors (Lipinski definition) is 2. The summed E-state index contributed by atoms with van der Waals surface area (Å²) in [4.78, 5) is 0. The fraction of sp³-hybridized carbons (Fsp3) is 0.357. The van der Waals surface area contributed by atoms with E-state index in [1.807, 2.05) is 12.1 Å². The third kappa shape index (κ3) is 2.44. The zero-order valence-corrected chi connectivity index (χ0v) is 10.2. The molecule has 0 radical (unpaired) electrons. The molecule has 4 nitrogen and oxygen atoms in total. The van der Waals surface area contributed by atoms with Gasteiger partial charge < -0.3 is 10.1 Å². The maximum absolute atomic E-state index is 5.83. The summed E-state index contributed by atoms with van der Waals surface area (Å²) in [5, 5.41) is 10.4. The highest BCUT2D eigenvalue weighted by Gasteiger charge is 2.28. The van der Waals surface area contributed by atoms with Crippen molar-refractivity contribution in [2.75, 3.05) is 6.61 Å². The standard InChI is InChI=1S/C14H17N3O/c1-2-4-11(5-3-1)14-13(7-9-18-14)15-10-12-6-8-16-17-12/h1-6,8,13-15H,7,9-10H2,(H,16,17)/t13-,14-/m1/s1. The van der Waals surface area contributed by atoms with Gasteiger partial charge in [0.2, 0.25) is 0 Å². The van der Waals surface area contributed by atoms with Crippen LogP contribution in [0.1, 0.15) is 23.8 Å². The summed E-state index contributed by atoms with van der Waals surface area (Å²) in [6, 6.07) is 12.8. The first-order valence-corrected chi connectivity index (χ1v) is 6.31. The van der Waals surface area contributed by atoms with Gasteiger partial charge in [-0.15, -0.1) is 0 Å². The first-order valence-electron chi connectivity index (χ1n) is 6.31. The van der Waals surface area contributed by atoms with Crippen LogP contribution in [-0.4, -0.2) is 22.8 Å². The highest BCUT2D eigenvalue weighted by molar-refractivity contribution is 5.20. The summed E-state index contributed by atoms with van der Waals surface area (Å²) in [7, 11) is 0. The lowest BCUT2D eigenvalue weighted by atomic mass is 10.0. The van der Waals surface area contributed by atoms with Crippen molar-refractivity contribution in [1.29, 1.82) is 0 Å². The minimum absolute atomic E-state index is 0.161. The van der Waals surface area contributed by atoms with Gasteiger partial charge in [-0.05, 0) is 18.1 Å². The monoisotopic (exact) mass is 243 g/mol. The maximum Gasteiger partial charge on any atom is 0.0978 e. The molecule has 0 spiro atoms. The lowest BCUT2D eigenvalue weighted by molar-refractivity contribution is 0.0984. The molecule has 1 aliphatic rings. The predicted octanol–water partition coefficient (Wildman–Crippen LogP) is 2.03. The van der Waals surface area contributed by atoms with Gasteiger partial charge in [-0.2, -0.15) is 5.10 Å². The predicted molar refractivity (Wildman–Crippen MR) is 69.0 cm³/mol. The van der Waals surface area contributed by atoms with E-state index in [1.54, 1.807) is 6.20 Å². The molecule has 18 heavy (non-hydrogen) atoms. The topological polar surface area (TPSA) is 49.9 Å². The zero-order chi connectivity index (χ0) is 12.2. The molecule has 0 aliphatic carbocycles. The molecule has 0 bridgehead atoms. The van der Waals surface area contributed by atoms with Crippen molar-refractivity contribution >= 4 is 0 Å². The largest absolute Gasteiger partial charge is 0.372 e. The van der Waals surface area contributed by atoms with Crippen LogP contribution in [0.4, 0.5) is 0 Å². The van der Waals surface area contributed by atoms with Gasteiger partial charge in [-0.1, -0.05) is 30.3 Å². The van der Waals surface area contributed by atoms with Crippen molar-refractivity contribution in [2.45, 2.75) is 25.1 Å². The lowest BCUT2D eigenvalue weighted by Crippen LogP contribution is -2.31. The second kappa shape index (κ2) is 5.33. The van der Waals surface area contributed by atoms with Crippen molar-refractivity contribution in [3.8, 4) is 0 Å². The normalized spacial score (nSPS) is 23.3. The SMILES string of the molecule is c1ccc([C@H]2OCC[C@H]2NCc2ccn[nH]2)cc1. The average Bonchev–Trinajstić information content (AvgIpc) is 3.09. The van der Waals surface area contributed by atoms with Crippen molar-refractivity contribution in [1.82, 2.24) is 15.5 Å². The second-order valence-corrected chi connectivity index (χ2v) is 4.56. The molecule has 0 saturated carbocycles. The van der Waals surface area contributed by atoms with E-state index in [2.05, 4.69) is 39.8 Å². The maximum atomic E-state index is 5.83. The van der Waals surface area contributed by atoms with Gasteiger partial charge >= 0.3 is 0 Å². The quantitative estimate of drug-likeness (QED) is 0.864. The Hall–Kier alpha value is -1.65. The molecule has 1 fully saturated rings. The first-order chi connectivity index (χ1) is 8.93. The molecule has 2 aromatic rings. The molecule has 1 aliphatic heterocycles. The molecular weight excluding hydrogens is 226 g/mol. The smallest absolute Gasteiger partial charge is 0.0978 e. The van der Waals surface area contributed by atoms with E-state index in [1.165, 1.54) is 5.56 Å². The molecule has 0 amide bonds. The number of nitrogens with one attached hydrogen (secondary N) is 2. The van der Waals surface area contributed by atoms with Gasteiger partial charge in [0.1, 0.15) is 0 Å². The minimum atomic E-state index is 0.161. The van der Waals surface area contributed by atoms with Crippen LogP contribution in [-0.2, 0) is 11.3 Å². The molecule has 1 aromatic carbocycles. The van der Waals surface area contributed by atoms with E-state index in [4.69, 9.17) is 4.74 Å². The summed E-state index contributed by atoms with van der Waals surface area (Å²) < 4.78 is 5.83. The first kappa shape index (κ1) is 11.4. The van der Waals surface area contributed by atoms with E-state index in [9.17, 15) is 0 Å². The molecule has 2 N–H and O–H groups in total. The molecule has 1 aromatic heterocycles. The number of hydrogen-bond acceptors (Lipinski definition) is 3. The fourth-order valence-electron chi connectivity index (χ4n) is 2.39. The Kier molecular flexibility index (Phi) is 3.39. The molecule has 94 valence electrons. The van der Waals surface area contributed by atoms with E-state index in [-0.39, 0.29) is 6.10 Å². The van der Waals surface area contributed by atoms with E-state index < -0.39 is 0 Å². The third-order valence-corrected chi connectivity index (χ3v) is 3.33. The van der Waals surface area contributed by atoms with Crippen molar-refractivity contribution < 1.29 is 4.74 Å². The fourth-order valence-corrected chi connectivity index (χ4v) is 2.39. The Morgan fingerprint density at radius 3 is 2.94 bits per heavy atom. The Morgan fingerprint density at radius 2 is 2.17 bits per heavy atom. The zero-order valence-electron chi connectivity index (χ0n) is 10.2. The third-order valence-electron chi connectivity index (χ3n) is 3.33. The van der Waals surface area contributed by atoms with Crippen molar-refractivity contribution in [3.05, 3.63) is 53.9 Å². The van der Waals surface area contributed by atoms with Gasteiger partial charge in [0.15, 0.2) is 0 Å². The van der Waals surface area contributed by atoms with Gasteiger partial charge in [-0.25, -0.2) is 0 Å². The molecule has 1 saturated heterocycles. The van der Waals surface area contributed by atoms with Crippen molar-refractivity contribution in [2.24, 2.45) is 0 Å². The Balaban J connectivity index is 1.65. The Labute approximate surface area is 106 Å². The molecule has 2 heterocycles. The Bertz CT molecular complexity index is 469. The number of aromatic nitrogens is 2. The highest BCUT2D eigenvalue weighted by Crippen LogP contribution is 2.28. The van der Waals surface area contributed by atoms with Gasteiger partial charge in [0.25, 0.3) is 0 Å². The van der Waals surface area contributed by atoms with Gasteiger partial charge in [0, 0.05) is 31.1 Å². The highest BCUT2D eigenvalue weighted by atomic mass is 16.5. The minimum Gasteiger partial charge on any atom is -0.372 e. The summed E-state index contributed by atoms with van der Waals surface area (Å²) in [6.45, 7) is 1.62. The summed E-state index contributed by atoms with van der Waals surface area (Å²) >= 11 is 0. The molecule has 3 rings (SSSR count). The van der Waals surface area contributed by atoms with Crippen LogP contribution in [0.5, 0.6) is 0 Å². The Morgan fingerprint density at radius 1 is 1.28 bits per heavy atom. The number of ether oxygens (including phenoxy) is 1. The van der Waals surface area contributed by atoms with E-state index in [0.29, 0.717) is 6.04 Å².